The Morgan fingerprint density at radius 3 is 2.52 bits per heavy atom. The number of carbonyl (C=O) groups is 1. The zero-order valence-electron chi connectivity index (χ0n) is 17.3. The Kier molecular flexibility index (Phi) is 4.86. The second kappa shape index (κ2) is 7.40. The van der Waals surface area contributed by atoms with Crippen molar-refractivity contribution in [3.8, 4) is 6.07 Å². The number of anilines is 1. The molecule has 1 aliphatic heterocycles. The predicted molar refractivity (Wildman–Crippen MR) is 117 cm³/mol. The largest absolute Gasteiger partial charge is 0.384 e. The van der Waals surface area contributed by atoms with E-state index >= 15 is 0 Å². The fourth-order valence-corrected chi connectivity index (χ4v) is 4.53. The van der Waals surface area contributed by atoms with Crippen molar-refractivity contribution in [2.75, 3.05) is 4.90 Å². The smallest absolute Gasteiger partial charge is 0.271 e. The molecule has 156 valence electrons. The molecule has 7 heteroatoms. The maximum absolute atomic E-state index is 13.4. The summed E-state index contributed by atoms with van der Waals surface area (Å²) in [5.41, 5.74) is 8.93. The van der Waals surface area contributed by atoms with Crippen LogP contribution in [0.5, 0.6) is 0 Å². The van der Waals surface area contributed by atoms with Crippen LogP contribution in [0.25, 0.3) is 0 Å². The van der Waals surface area contributed by atoms with Crippen molar-refractivity contribution < 1.29 is 9.72 Å². The number of nitriles is 1. The number of carbonyl (C=O) groups excluding carboxylic acids is 1. The van der Waals surface area contributed by atoms with E-state index in [1.54, 1.807) is 17.0 Å². The van der Waals surface area contributed by atoms with Gasteiger partial charge in [0.2, 0.25) is 0 Å². The van der Waals surface area contributed by atoms with E-state index in [1.807, 2.05) is 44.2 Å². The fraction of sp³-hybridized carbons (Fsp3) is 0.250. The highest BCUT2D eigenvalue weighted by Crippen LogP contribution is 2.50. The van der Waals surface area contributed by atoms with Crippen molar-refractivity contribution in [1.29, 1.82) is 5.26 Å². The number of rotatable bonds is 3. The molecule has 2 aliphatic rings. The number of nitrogens with zero attached hydrogens (tertiary/aromatic N) is 3. The van der Waals surface area contributed by atoms with Gasteiger partial charge in [0, 0.05) is 29.8 Å². The SMILES string of the molecule is CC1(C)CC(=O)C2=C(C1)N(c1cccc([N+](=O)[O-])c1)C(N)=C(C#N)[C@@H]2c1ccccc1. The summed E-state index contributed by atoms with van der Waals surface area (Å²) in [5.74, 6) is -0.392. The lowest BCUT2D eigenvalue weighted by Crippen LogP contribution is -2.42. The second-order valence-corrected chi connectivity index (χ2v) is 8.67. The van der Waals surface area contributed by atoms with E-state index in [4.69, 9.17) is 5.73 Å². The molecule has 0 radical (unpaired) electrons. The third-order valence-electron chi connectivity index (χ3n) is 5.81. The Balaban J connectivity index is 2.00. The van der Waals surface area contributed by atoms with Gasteiger partial charge in [0.15, 0.2) is 5.78 Å². The number of benzene rings is 2. The summed E-state index contributed by atoms with van der Waals surface area (Å²) in [5, 5.41) is 21.4. The molecular formula is C24H22N4O3. The van der Waals surface area contributed by atoms with Gasteiger partial charge in [-0.15, -0.1) is 0 Å². The molecule has 0 saturated heterocycles. The first-order chi connectivity index (χ1) is 14.7. The van der Waals surface area contributed by atoms with E-state index in [0.29, 0.717) is 29.8 Å². The first-order valence-corrected chi connectivity index (χ1v) is 9.99. The van der Waals surface area contributed by atoms with Crippen LogP contribution in [0, 0.1) is 26.9 Å². The molecule has 31 heavy (non-hydrogen) atoms. The summed E-state index contributed by atoms with van der Waals surface area (Å²) >= 11 is 0. The standard InChI is InChI=1S/C24H22N4O3/c1-24(2)12-19-22(20(29)13-24)21(15-7-4-3-5-8-15)18(14-25)23(26)27(19)16-9-6-10-17(11-16)28(30)31/h3-11,21H,12-13,26H2,1-2H3/t21-/m0/s1. The minimum atomic E-state index is -0.556. The van der Waals surface area contributed by atoms with E-state index in [1.165, 1.54) is 12.1 Å². The van der Waals surface area contributed by atoms with Gasteiger partial charge >= 0.3 is 0 Å². The average Bonchev–Trinajstić information content (AvgIpc) is 2.72. The molecule has 0 spiro atoms. The van der Waals surface area contributed by atoms with Gasteiger partial charge in [-0.05, 0) is 23.5 Å². The third kappa shape index (κ3) is 3.46. The Morgan fingerprint density at radius 2 is 1.87 bits per heavy atom. The quantitative estimate of drug-likeness (QED) is 0.583. The molecule has 4 rings (SSSR count). The average molecular weight is 414 g/mol. The molecule has 0 unspecified atom stereocenters. The zero-order valence-corrected chi connectivity index (χ0v) is 17.3. The number of Topliss-reactive ketones (excluding diaryl/α,β-unsaturated/α-hetero) is 1. The normalized spacial score (nSPS) is 20.4. The molecule has 2 N–H and O–H groups in total. The van der Waals surface area contributed by atoms with E-state index in [-0.39, 0.29) is 28.3 Å². The molecule has 0 saturated carbocycles. The molecule has 1 heterocycles. The number of non-ortho nitro benzene ring substituents is 1. The van der Waals surface area contributed by atoms with Gasteiger partial charge in [-0.3, -0.25) is 19.8 Å². The van der Waals surface area contributed by atoms with Gasteiger partial charge in [-0.1, -0.05) is 50.2 Å². The first kappa shape index (κ1) is 20.4. The summed E-state index contributed by atoms with van der Waals surface area (Å²) < 4.78 is 0. The van der Waals surface area contributed by atoms with Crippen molar-refractivity contribution >= 4 is 17.2 Å². The molecule has 0 amide bonds. The lowest BCUT2D eigenvalue weighted by molar-refractivity contribution is -0.384. The molecule has 1 atom stereocenters. The monoisotopic (exact) mass is 414 g/mol. The van der Waals surface area contributed by atoms with Crippen molar-refractivity contribution in [2.45, 2.75) is 32.6 Å². The van der Waals surface area contributed by atoms with Crippen LogP contribution in [-0.4, -0.2) is 10.7 Å². The molecule has 0 bridgehead atoms. The lowest BCUT2D eigenvalue weighted by Gasteiger charge is -2.43. The van der Waals surface area contributed by atoms with Crippen molar-refractivity contribution in [1.82, 2.24) is 0 Å². The van der Waals surface area contributed by atoms with Crippen LogP contribution in [0.3, 0.4) is 0 Å². The van der Waals surface area contributed by atoms with Gasteiger partial charge in [0.25, 0.3) is 5.69 Å². The third-order valence-corrected chi connectivity index (χ3v) is 5.81. The zero-order chi connectivity index (χ0) is 22.3. The minimum Gasteiger partial charge on any atom is -0.384 e. The summed E-state index contributed by atoms with van der Waals surface area (Å²) in [6.07, 6.45) is 0.913. The highest BCUT2D eigenvalue weighted by Gasteiger charge is 2.44. The van der Waals surface area contributed by atoms with Crippen LogP contribution in [0.1, 0.15) is 38.2 Å². The lowest BCUT2D eigenvalue weighted by atomic mass is 9.68. The maximum atomic E-state index is 13.4. The van der Waals surface area contributed by atoms with Crippen molar-refractivity contribution in [3.63, 3.8) is 0 Å². The number of nitro benzene ring substituents is 1. The van der Waals surface area contributed by atoms with Gasteiger partial charge in [0.05, 0.1) is 28.2 Å². The van der Waals surface area contributed by atoms with Gasteiger partial charge in [0.1, 0.15) is 5.82 Å². The highest BCUT2D eigenvalue weighted by atomic mass is 16.6. The van der Waals surface area contributed by atoms with Crippen LogP contribution in [0.15, 0.2) is 77.3 Å². The molecule has 2 aromatic carbocycles. The number of ketones is 1. The minimum absolute atomic E-state index is 0.0317. The number of hydrogen-bond acceptors (Lipinski definition) is 6. The van der Waals surface area contributed by atoms with E-state index in [9.17, 15) is 20.2 Å². The Bertz CT molecular complexity index is 1190. The number of nitrogens with two attached hydrogens (primary N) is 1. The summed E-state index contributed by atoms with van der Waals surface area (Å²) in [6, 6.07) is 17.7. The summed E-state index contributed by atoms with van der Waals surface area (Å²) in [6.45, 7) is 4.02. The Morgan fingerprint density at radius 1 is 1.16 bits per heavy atom. The predicted octanol–water partition coefficient (Wildman–Crippen LogP) is 4.54. The summed E-state index contributed by atoms with van der Waals surface area (Å²) in [4.78, 5) is 25.9. The van der Waals surface area contributed by atoms with Crippen LogP contribution in [0.2, 0.25) is 0 Å². The van der Waals surface area contributed by atoms with Crippen LogP contribution in [-0.2, 0) is 4.79 Å². The topological polar surface area (TPSA) is 113 Å². The molecule has 0 aromatic heterocycles. The maximum Gasteiger partial charge on any atom is 0.271 e. The Hall–Kier alpha value is -3.92. The van der Waals surface area contributed by atoms with Crippen LogP contribution in [0.4, 0.5) is 11.4 Å². The fourth-order valence-electron chi connectivity index (χ4n) is 4.53. The Labute approximate surface area is 180 Å². The molecule has 0 fully saturated rings. The second-order valence-electron chi connectivity index (χ2n) is 8.67. The van der Waals surface area contributed by atoms with Crippen molar-refractivity contribution in [2.24, 2.45) is 11.1 Å². The van der Waals surface area contributed by atoms with Crippen LogP contribution < -0.4 is 10.6 Å². The van der Waals surface area contributed by atoms with Gasteiger partial charge in [-0.25, -0.2) is 0 Å². The number of nitro groups is 1. The molecule has 2 aromatic rings. The number of allylic oxidation sites excluding steroid dienone is 3. The number of hydrogen-bond donors (Lipinski definition) is 1. The molecular weight excluding hydrogens is 392 g/mol. The van der Waals surface area contributed by atoms with Gasteiger partial charge in [-0.2, -0.15) is 5.26 Å². The highest BCUT2D eigenvalue weighted by molar-refractivity contribution is 6.01. The van der Waals surface area contributed by atoms with Crippen LogP contribution >= 0.6 is 0 Å². The summed E-state index contributed by atoms with van der Waals surface area (Å²) in [7, 11) is 0. The molecule has 7 nitrogen and oxygen atoms in total. The van der Waals surface area contributed by atoms with E-state index in [0.717, 1.165) is 5.56 Å². The first-order valence-electron chi connectivity index (χ1n) is 9.99. The van der Waals surface area contributed by atoms with Crippen molar-refractivity contribution in [3.05, 3.63) is 92.9 Å². The van der Waals surface area contributed by atoms with E-state index in [2.05, 4.69) is 6.07 Å². The molecule has 1 aliphatic carbocycles. The van der Waals surface area contributed by atoms with E-state index < -0.39 is 10.8 Å². The van der Waals surface area contributed by atoms with Gasteiger partial charge < -0.3 is 5.73 Å².